The van der Waals surface area contributed by atoms with Crippen LogP contribution in [0.15, 0.2) is 68.9 Å². The van der Waals surface area contributed by atoms with Crippen LogP contribution in [0.4, 0.5) is 0 Å². The molecule has 0 saturated heterocycles. The number of hydrogen-bond donors (Lipinski definition) is 2. The topological polar surface area (TPSA) is 79.5 Å². The van der Waals surface area contributed by atoms with E-state index < -0.39 is 0 Å². The number of benzene rings is 2. The van der Waals surface area contributed by atoms with Crippen molar-refractivity contribution in [3.8, 4) is 5.75 Å². The third-order valence-corrected chi connectivity index (χ3v) is 4.58. The number of hydrazone groups is 1. The standard InChI is InChI=1S/C18H14Br2N4O2/c19-15-8-14(17(25)16(20)9-15)10-21-23-18(26)13-4-1-3-12(7-13)11-24-6-2-5-22-24/h1-10,25H,11H2,(H,23,26)/b21-10+. The number of aromatic nitrogens is 2. The highest BCUT2D eigenvalue weighted by molar-refractivity contribution is 9.11. The van der Waals surface area contributed by atoms with Gasteiger partial charge >= 0.3 is 0 Å². The van der Waals surface area contributed by atoms with Crippen LogP contribution in [0.2, 0.25) is 0 Å². The number of phenols is 1. The van der Waals surface area contributed by atoms with Crippen LogP contribution in [0, 0.1) is 0 Å². The van der Waals surface area contributed by atoms with Crippen LogP contribution in [-0.4, -0.2) is 27.0 Å². The van der Waals surface area contributed by atoms with Gasteiger partial charge in [-0.15, -0.1) is 0 Å². The van der Waals surface area contributed by atoms with Crippen LogP contribution in [0.1, 0.15) is 21.5 Å². The minimum absolute atomic E-state index is 0.0485. The number of phenolic OH excluding ortho intramolecular Hbond substituents is 1. The van der Waals surface area contributed by atoms with E-state index in [1.165, 1.54) is 6.21 Å². The Morgan fingerprint density at radius 2 is 2.12 bits per heavy atom. The normalized spacial score (nSPS) is 11.0. The fourth-order valence-electron chi connectivity index (χ4n) is 2.30. The van der Waals surface area contributed by atoms with E-state index in [0.29, 0.717) is 22.1 Å². The Balaban J connectivity index is 1.69. The largest absolute Gasteiger partial charge is 0.506 e. The molecule has 1 heterocycles. The molecule has 3 rings (SSSR count). The molecule has 2 aromatic carbocycles. The van der Waals surface area contributed by atoms with Crippen LogP contribution in [-0.2, 0) is 6.54 Å². The highest BCUT2D eigenvalue weighted by Gasteiger charge is 2.07. The van der Waals surface area contributed by atoms with Gasteiger partial charge in [-0.25, -0.2) is 5.43 Å². The maximum Gasteiger partial charge on any atom is 0.271 e. The van der Waals surface area contributed by atoms with Crippen molar-refractivity contribution in [2.45, 2.75) is 6.54 Å². The van der Waals surface area contributed by atoms with Gasteiger partial charge in [0.2, 0.25) is 0 Å². The van der Waals surface area contributed by atoms with E-state index in [2.05, 4.69) is 47.5 Å². The summed E-state index contributed by atoms with van der Waals surface area (Å²) in [6.45, 7) is 0.581. The van der Waals surface area contributed by atoms with Gasteiger partial charge in [-0.2, -0.15) is 10.2 Å². The quantitative estimate of drug-likeness (QED) is 0.431. The van der Waals surface area contributed by atoms with E-state index >= 15 is 0 Å². The molecule has 0 fully saturated rings. The summed E-state index contributed by atoms with van der Waals surface area (Å²) in [6.07, 6.45) is 4.96. The van der Waals surface area contributed by atoms with E-state index in [1.54, 1.807) is 35.1 Å². The van der Waals surface area contributed by atoms with E-state index in [-0.39, 0.29) is 11.7 Å². The number of amides is 1. The van der Waals surface area contributed by atoms with Crippen molar-refractivity contribution >= 4 is 44.0 Å². The van der Waals surface area contributed by atoms with E-state index in [4.69, 9.17) is 0 Å². The Hall–Kier alpha value is -2.45. The lowest BCUT2D eigenvalue weighted by molar-refractivity contribution is 0.0955. The zero-order valence-electron chi connectivity index (χ0n) is 13.4. The van der Waals surface area contributed by atoms with Crippen molar-refractivity contribution in [2.75, 3.05) is 0 Å². The molecular weight excluding hydrogens is 464 g/mol. The minimum Gasteiger partial charge on any atom is -0.506 e. The molecule has 0 aliphatic carbocycles. The van der Waals surface area contributed by atoms with Crippen LogP contribution in [0.25, 0.3) is 0 Å². The second kappa shape index (κ2) is 8.29. The van der Waals surface area contributed by atoms with Crippen molar-refractivity contribution in [1.82, 2.24) is 15.2 Å². The molecule has 0 saturated carbocycles. The zero-order valence-corrected chi connectivity index (χ0v) is 16.6. The van der Waals surface area contributed by atoms with E-state index in [1.807, 2.05) is 24.4 Å². The van der Waals surface area contributed by atoms with Crippen LogP contribution < -0.4 is 5.43 Å². The number of rotatable bonds is 5. The van der Waals surface area contributed by atoms with Crippen LogP contribution in [0.5, 0.6) is 5.75 Å². The lowest BCUT2D eigenvalue weighted by Gasteiger charge is -2.05. The van der Waals surface area contributed by atoms with E-state index in [0.717, 1.165) is 10.0 Å². The van der Waals surface area contributed by atoms with Crippen LogP contribution >= 0.6 is 31.9 Å². The number of halogens is 2. The molecule has 0 radical (unpaired) electrons. The third kappa shape index (κ3) is 4.59. The Morgan fingerprint density at radius 1 is 1.27 bits per heavy atom. The van der Waals surface area contributed by atoms with Crippen molar-refractivity contribution in [1.29, 1.82) is 0 Å². The number of aromatic hydroxyl groups is 1. The monoisotopic (exact) mass is 476 g/mol. The summed E-state index contributed by atoms with van der Waals surface area (Å²) in [5.41, 5.74) is 4.39. The van der Waals surface area contributed by atoms with Gasteiger partial charge in [-0.1, -0.05) is 28.1 Å². The Labute approximate surface area is 166 Å². The van der Waals surface area contributed by atoms with Gasteiger partial charge in [-0.05, 0) is 51.8 Å². The van der Waals surface area contributed by atoms with Crippen LogP contribution in [0.3, 0.4) is 0 Å². The van der Waals surface area contributed by atoms with Gasteiger partial charge in [0.05, 0.1) is 17.2 Å². The fraction of sp³-hybridized carbons (Fsp3) is 0.0556. The SMILES string of the molecule is O=C(N/N=C/c1cc(Br)cc(Br)c1O)c1cccc(Cn2cccn2)c1. The smallest absolute Gasteiger partial charge is 0.271 e. The average molecular weight is 478 g/mol. The first kappa shape index (κ1) is 18.3. The molecule has 2 N–H and O–H groups in total. The molecule has 26 heavy (non-hydrogen) atoms. The van der Waals surface area contributed by atoms with Crippen molar-refractivity contribution in [2.24, 2.45) is 5.10 Å². The van der Waals surface area contributed by atoms with Gasteiger partial charge in [0.25, 0.3) is 5.91 Å². The maximum absolute atomic E-state index is 12.3. The summed E-state index contributed by atoms with van der Waals surface area (Å²) in [5.74, 6) is -0.287. The first-order valence-electron chi connectivity index (χ1n) is 7.61. The summed E-state index contributed by atoms with van der Waals surface area (Å²) in [7, 11) is 0. The molecule has 6 nitrogen and oxygen atoms in total. The summed E-state index contributed by atoms with van der Waals surface area (Å²) in [4.78, 5) is 12.3. The Bertz CT molecular complexity index is 956. The number of carbonyl (C=O) groups is 1. The van der Waals surface area contributed by atoms with Crippen molar-refractivity contribution < 1.29 is 9.90 Å². The highest BCUT2D eigenvalue weighted by Crippen LogP contribution is 2.30. The Morgan fingerprint density at radius 3 is 2.88 bits per heavy atom. The second-order valence-electron chi connectivity index (χ2n) is 5.43. The molecule has 132 valence electrons. The third-order valence-electron chi connectivity index (χ3n) is 3.52. The second-order valence-corrected chi connectivity index (χ2v) is 7.20. The number of carbonyl (C=O) groups excluding carboxylic acids is 1. The van der Waals surface area contributed by atoms with Gasteiger partial charge in [0.15, 0.2) is 0 Å². The summed E-state index contributed by atoms with van der Waals surface area (Å²) in [5, 5.41) is 18.1. The van der Waals surface area contributed by atoms with Crippen molar-refractivity contribution in [3.05, 3.63) is 80.5 Å². The van der Waals surface area contributed by atoms with Gasteiger partial charge < -0.3 is 5.11 Å². The maximum atomic E-state index is 12.3. The summed E-state index contributed by atoms with van der Waals surface area (Å²) >= 11 is 6.59. The number of hydrogen-bond acceptors (Lipinski definition) is 4. The molecule has 1 aromatic heterocycles. The molecule has 3 aromatic rings. The molecule has 0 atom stereocenters. The predicted molar refractivity (Wildman–Crippen MR) is 106 cm³/mol. The molecule has 0 bridgehead atoms. The van der Waals surface area contributed by atoms with Gasteiger partial charge in [0, 0.05) is 28.0 Å². The lowest BCUT2D eigenvalue weighted by Crippen LogP contribution is -2.18. The van der Waals surface area contributed by atoms with Gasteiger partial charge in [0.1, 0.15) is 5.75 Å². The highest BCUT2D eigenvalue weighted by atomic mass is 79.9. The predicted octanol–water partition coefficient (Wildman–Crippen LogP) is 3.93. The lowest BCUT2D eigenvalue weighted by atomic mass is 10.1. The Kier molecular flexibility index (Phi) is 5.85. The first-order chi connectivity index (χ1) is 12.5. The molecule has 0 unspecified atom stereocenters. The number of nitrogens with zero attached hydrogens (tertiary/aromatic N) is 3. The summed E-state index contributed by atoms with van der Waals surface area (Å²) in [6, 6.07) is 12.5. The van der Waals surface area contributed by atoms with E-state index in [9.17, 15) is 9.90 Å². The zero-order chi connectivity index (χ0) is 18.5. The molecule has 0 aliphatic rings. The first-order valence-corrected chi connectivity index (χ1v) is 9.19. The molecule has 0 aliphatic heterocycles. The van der Waals surface area contributed by atoms with Crippen molar-refractivity contribution in [3.63, 3.8) is 0 Å². The molecule has 1 amide bonds. The molecule has 0 spiro atoms. The average Bonchev–Trinajstić information content (AvgIpc) is 3.12. The molecule has 8 heteroatoms. The van der Waals surface area contributed by atoms with Gasteiger partial charge in [-0.3, -0.25) is 9.48 Å². The fourth-order valence-corrected chi connectivity index (χ4v) is 3.56. The summed E-state index contributed by atoms with van der Waals surface area (Å²) < 4.78 is 3.09. The molecular formula is C18H14Br2N4O2. The number of nitrogens with one attached hydrogen (secondary N) is 1. The minimum atomic E-state index is -0.336.